The molecule has 0 N–H and O–H groups in total. The van der Waals surface area contributed by atoms with Crippen molar-refractivity contribution in [3.8, 4) is 5.69 Å². The van der Waals surface area contributed by atoms with Gasteiger partial charge in [0, 0.05) is 32.9 Å². The number of carbonyl (C=O) groups excluding carboxylic acids is 2. The van der Waals surface area contributed by atoms with E-state index >= 15 is 0 Å². The molecule has 168 valence electrons. The van der Waals surface area contributed by atoms with Gasteiger partial charge in [0.25, 0.3) is 0 Å². The monoisotopic (exact) mass is 504 g/mol. The molecule has 0 spiro atoms. The number of hydrogen-bond acceptors (Lipinski definition) is 4. The zero-order chi connectivity index (χ0) is 23.9. The van der Waals surface area contributed by atoms with Crippen LogP contribution in [0.5, 0.6) is 0 Å². The Morgan fingerprint density at radius 3 is 2.30 bits per heavy atom. The number of aromatic nitrogens is 1. The van der Waals surface area contributed by atoms with Crippen LogP contribution in [0, 0.1) is 20.8 Å². The summed E-state index contributed by atoms with van der Waals surface area (Å²) in [5.74, 6) is -0.968. The molecule has 0 radical (unpaired) electrons. The van der Waals surface area contributed by atoms with Crippen LogP contribution in [0.4, 0.5) is 5.69 Å². The van der Waals surface area contributed by atoms with Crippen molar-refractivity contribution in [2.75, 3.05) is 12.0 Å². The summed E-state index contributed by atoms with van der Waals surface area (Å²) in [5.41, 5.74) is 6.95. The Bertz CT molecular complexity index is 1330. The third kappa shape index (κ3) is 4.07. The van der Waals surface area contributed by atoms with Gasteiger partial charge < -0.3 is 14.2 Å². The molecule has 0 saturated heterocycles. The second-order valence-electron chi connectivity index (χ2n) is 8.12. The van der Waals surface area contributed by atoms with Gasteiger partial charge in [-0.3, -0.25) is 4.79 Å². The summed E-state index contributed by atoms with van der Waals surface area (Å²) in [6, 6.07) is 18.0. The van der Waals surface area contributed by atoms with Crippen molar-refractivity contribution in [2.24, 2.45) is 0 Å². The van der Waals surface area contributed by atoms with Crippen LogP contribution >= 0.6 is 15.9 Å². The number of nitrogens with zero attached hydrogens (tertiary/aromatic N) is 2. The van der Waals surface area contributed by atoms with Crippen molar-refractivity contribution in [3.63, 3.8) is 0 Å². The highest BCUT2D eigenvalue weighted by Gasteiger charge is 2.38. The van der Waals surface area contributed by atoms with Crippen molar-refractivity contribution >= 4 is 39.4 Å². The topological polar surface area (TPSA) is 51.5 Å². The number of esters is 1. The van der Waals surface area contributed by atoms with E-state index in [1.807, 2.05) is 74.2 Å². The molecule has 0 atom stereocenters. The van der Waals surface area contributed by atoms with Gasteiger partial charge in [-0.1, -0.05) is 39.7 Å². The minimum absolute atomic E-state index is 0.0603. The maximum atomic E-state index is 13.4. The van der Waals surface area contributed by atoms with Crippen LogP contribution in [-0.2, 0) is 14.3 Å². The first kappa shape index (κ1) is 22.8. The number of carbonyl (C=O) groups is 2. The third-order valence-corrected chi connectivity index (χ3v) is 6.40. The normalized spacial score (nSPS) is 15.0. The number of Topliss-reactive ketones (excluding diaryl/α,β-unsaturated/α-hetero) is 1. The number of hydrogen-bond donors (Lipinski definition) is 0. The molecule has 5 nitrogen and oxygen atoms in total. The van der Waals surface area contributed by atoms with E-state index in [2.05, 4.69) is 32.6 Å². The average Bonchev–Trinajstić information content (AvgIpc) is 3.20. The van der Waals surface area contributed by atoms with E-state index in [0.29, 0.717) is 11.4 Å². The van der Waals surface area contributed by atoms with Gasteiger partial charge in [-0.2, -0.15) is 0 Å². The van der Waals surface area contributed by atoms with Crippen LogP contribution in [0.3, 0.4) is 0 Å². The molecule has 2 aromatic carbocycles. The number of methoxy groups -OCH3 is 1. The fraction of sp³-hybridized carbons (Fsp3) is 0.185. The Labute approximate surface area is 202 Å². The molecule has 0 amide bonds. The Morgan fingerprint density at radius 2 is 1.67 bits per heavy atom. The molecule has 4 rings (SSSR count). The van der Waals surface area contributed by atoms with E-state index in [-0.39, 0.29) is 11.4 Å². The Balaban J connectivity index is 1.87. The van der Waals surface area contributed by atoms with Gasteiger partial charge in [-0.25, -0.2) is 4.79 Å². The number of aryl methyl sites for hydroxylation is 2. The molecule has 0 saturated carbocycles. The lowest BCUT2D eigenvalue weighted by Crippen LogP contribution is -2.18. The lowest BCUT2D eigenvalue weighted by atomic mass is 10.1. The fourth-order valence-corrected chi connectivity index (χ4v) is 4.67. The van der Waals surface area contributed by atoms with E-state index in [0.717, 1.165) is 38.4 Å². The van der Waals surface area contributed by atoms with Gasteiger partial charge in [0.1, 0.15) is 5.57 Å². The summed E-state index contributed by atoms with van der Waals surface area (Å²) in [6.45, 7) is 7.84. The number of allylic oxidation sites excluding steroid dienone is 2. The summed E-state index contributed by atoms with van der Waals surface area (Å²) in [4.78, 5) is 27.7. The van der Waals surface area contributed by atoms with E-state index < -0.39 is 5.97 Å². The fourth-order valence-electron chi connectivity index (χ4n) is 4.28. The zero-order valence-electron chi connectivity index (χ0n) is 19.3. The van der Waals surface area contributed by atoms with Crippen molar-refractivity contribution < 1.29 is 14.3 Å². The van der Waals surface area contributed by atoms with E-state index in [1.165, 1.54) is 7.11 Å². The molecule has 1 aliphatic heterocycles. The highest BCUT2D eigenvalue weighted by atomic mass is 79.9. The SMILES string of the molecule is COC(=O)C1=C(C)N(c2ccc(C)cc2)/C(=C\c2cc(C)n(-c3cccc(Br)c3)c2C)C1=O. The number of rotatable bonds is 4. The summed E-state index contributed by atoms with van der Waals surface area (Å²) in [6.07, 6.45) is 1.86. The minimum Gasteiger partial charge on any atom is -0.465 e. The van der Waals surface area contributed by atoms with Gasteiger partial charge in [0.15, 0.2) is 0 Å². The predicted octanol–water partition coefficient (Wildman–Crippen LogP) is 6.04. The molecular weight excluding hydrogens is 480 g/mol. The van der Waals surface area contributed by atoms with Crippen LogP contribution < -0.4 is 4.90 Å². The lowest BCUT2D eigenvalue weighted by Gasteiger charge is -2.21. The molecule has 2 heterocycles. The largest absolute Gasteiger partial charge is 0.465 e. The summed E-state index contributed by atoms with van der Waals surface area (Å²) in [7, 11) is 1.29. The maximum absolute atomic E-state index is 13.4. The van der Waals surface area contributed by atoms with E-state index in [9.17, 15) is 9.59 Å². The molecular formula is C27H25BrN2O3. The minimum atomic E-state index is -0.627. The number of benzene rings is 2. The van der Waals surface area contributed by atoms with Crippen LogP contribution in [0.1, 0.15) is 29.4 Å². The van der Waals surface area contributed by atoms with Crippen molar-refractivity contribution in [3.05, 3.63) is 98.6 Å². The molecule has 1 aromatic heterocycles. The van der Waals surface area contributed by atoms with Crippen LogP contribution in [0.15, 0.2) is 76.0 Å². The van der Waals surface area contributed by atoms with Gasteiger partial charge in [0.05, 0.1) is 12.8 Å². The van der Waals surface area contributed by atoms with Gasteiger partial charge in [-0.15, -0.1) is 0 Å². The standard InChI is InChI=1S/C27H25BrN2O3/c1-16-9-11-22(12-10-16)30-19(4)25(27(32)33-5)26(31)24(30)14-20-13-17(2)29(18(20)3)23-8-6-7-21(28)15-23/h6-15H,1-5H3/b24-14-. The second kappa shape index (κ2) is 8.87. The average molecular weight is 505 g/mol. The van der Waals surface area contributed by atoms with Crippen molar-refractivity contribution in [1.29, 1.82) is 0 Å². The van der Waals surface area contributed by atoms with E-state index in [1.54, 1.807) is 6.92 Å². The first-order chi connectivity index (χ1) is 15.7. The number of anilines is 1. The van der Waals surface area contributed by atoms with Crippen LogP contribution in [-0.4, -0.2) is 23.4 Å². The second-order valence-corrected chi connectivity index (χ2v) is 9.04. The highest BCUT2D eigenvalue weighted by molar-refractivity contribution is 9.10. The molecule has 0 bridgehead atoms. The molecule has 33 heavy (non-hydrogen) atoms. The third-order valence-electron chi connectivity index (χ3n) is 5.91. The zero-order valence-corrected chi connectivity index (χ0v) is 20.9. The maximum Gasteiger partial charge on any atom is 0.343 e. The van der Waals surface area contributed by atoms with Crippen molar-refractivity contribution in [2.45, 2.75) is 27.7 Å². The molecule has 0 aliphatic carbocycles. The molecule has 3 aromatic rings. The quantitative estimate of drug-likeness (QED) is 0.246. The van der Waals surface area contributed by atoms with Crippen LogP contribution in [0.2, 0.25) is 0 Å². The highest BCUT2D eigenvalue weighted by Crippen LogP contribution is 2.36. The molecule has 0 fully saturated rings. The Morgan fingerprint density at radius 1 is 0.970 bits per heavy atom. The summed E-state index contributed by atoms with van der Waals surface area (Å²) < 4.78 is 8.05. The molecule has 6 heteroatoms. The van der Waals surface area contributed by atoms with Gasteiger partial charge in [-0.05, 0) is 75.7 Å². The molecule has 0 unspecified atom stereocenters. The first-order valence-corrected chi connectivity index (χ1v) is 11.4. The van der Waals surface area contributed by atoms with Crippen LogP contribution in [0.25, 0.3) is 11.8 Å². The lowest BCUT2D eigenvalue weighted by molar-refractivity contribution is -0.137. The summed E-state index contributed by atoms with van der Waals surface area (Å²) >= 11 is 3.54. The van der Waals surface area contributed by atoms with Gasteiger partial charge in [0.2, 0.25) is 5.78 Å². The summed E-state index contributed by atoms with van der Waals surface area (Å²) in [5, 5.41) is 0. The van der Waals surface area contributed by atoms with Gasteiger partial charge >= 0.3 is 5.97 Å². The Kier molecular flexibility index (Phi) is 6.13. The number of ether oxygens (including phenoxy) is 1. The number of halogens is 1. The van der Waals surface area contributed by atoms with E-state index in [4.69, 9.17) is 4.74 Å². The predicted molar refractivity (Wildman–Crippen MR) is 134 cm³/mol. The molecule has 1 aliphatic rings. The van der Waals surface area contributed by atoms with Crippen molar-refractivity contribution in [1.82, 2.24) is 4.57 Å². The number of ketones is 1. The smallest absolute Gasteiger partial charge is 0.343 e. The Hall–Kier alpha value is -3.38. The first-order valence-electron chi connectivity index (χ1n) is 10.6.